The number of rotatable bonds is 16. The fourth-order valence-electron chi connectivity index (χ4n) is 2.18. The zero-order valence-corrected chi connectivity index (χ0v) is 17.1. The third-order valence-corrected chi connectivity index (χ3v) is 4.21. The van der Waals surface area contributed by atoms with Crippen LogP contribution < -0.4 is 0 Å². The number of carbonyl (C=O) groups is 2. The van der Waals surface area contributed by atoms with Gasteiger partial charge in [0.2, 0.25) is 0 Å². The smallest absolute Gasteiger partial charge is 0.462 e. The third-order valence-electron chi connectivity index (χ3n) is 3.73. The SMILES string of the molecule is CCCCCCC[C@H](O)C(=O)O[C@H](COC(=O)CCCC)COP(=O)(O)O. The molecule has 0 aromatic rings. The Labute approximate surface area is 160 Å². The summed E-state index contributed by atoms with van der Waals surface area (Å²) in [5.74, 6) is -1.44. The summed E-state index contributed by atoms with van der Waals surface area (Å²) in [5, 5.41) is 9.87. The van der Waals surface area contributed by atoms with Gasteiger partial charge in [-0.2, -0.15) is 0 Å². The van der Waals surface area contributed by atoms with E-state index in [4.69, 9.17) is 19.3 Å². The Balaban J connectivity index is 4.46. The molecule has 9 nitrogen and oxygen atoms in total. The van der Waals surface area contributed by atoms with Crippen molar-refractivity contribution in [2.45, 2.75) is 83.8 Å². The van der Waals surface area contributed by atoms with Crippen molar-refractivity contribution in [2.24, 2.45) is 0 Å². The number of aliphatic hydroxyl groups is 1. The second kappa shape index (κ2) is 15.0. The van der Waals surface area contributed by atoms with E-state index in [1.54, 1.807) is 0 Å². The number of phosphoric ester groups is 1. The molecule has 0 rings (SSSR count). The predicted octanol–water partition coefficient (Wildman–Crippen LogP) is 2.46. The summed E-state index contributed by atoms with van der Waals surface area (Å²) in [6, 6.07) is 0. The number of unbranched alkanes of at least 4 members (excludes halogenated alkanes) is 5. The molecule has 0 bridgehead atoms. The molecule has 0 unspecified atom stereocenters. The predicted molar refractivity (Wildman–Crippen MR) is 97.7 cm³/mol. The zero-order valence-electron chi connectivity index (χ0n) is 16.2. The maximum absolute atomic E-state index is 12.0. The first-order valence-corrected chi connectivity index (χ1v) is 11.0. The first-order valence-electron chi connectivity index (χ1n) is 9.43. The molecule has 0 aromatic carbocycles. The Morgan fingerprint density at radius 2 is 1.59 bits per heavy atom. The van der Waals surface area contributed by atoms with Gasteiger partial charge in [0.25, 0.3) is 0 Å². The lowest BCUT2D eigenvalue weighted by molar-refractivity contribution is -0.168. The quantitative estimate of drug-likeness (QED) is 0.198. The highest BCUT2D eigenvalue weighted by atomic mass is 31.2. The average molecular weight is 412 g/mol. The zero-order chi connectivity index (χ0) is 20.7. The summed E-state index contributed by atoms with van der Waals surface area (Å²) in [6.07, 6.45) is 4.04. The summed E-state index contributed by atoms with van der Waals surface area (Å²) in [5.41, 5.74) is 0. The minimum Gasteiger partial charge on any atom is -0.462 e. The van der Waals surface area contributed by atoms with Crippen LogP contribution in [-0.4, -0.2) is 52.3 Å². The highest BCUT2D eigenvalue weighted by molar-refractivity contribution is 7.46. The van der Waals surface area contributed by atoms with E-state index in [0.717, 1.165) is 32.1 Å². The van der Waals surface area contributed by atoms with Crippen LogP contribution in [0.1, 0.15) is 71.6 Å². The van der Waals surface area contributed by atoms with Crippen molar-refractivity contribution in [3.05, 3.63) is 0 Å². The lowest BCUT2D eigenvalue weighted by atomic mass is 10.1. The highest BCUT2D eigenvalue weighted by Crippen LogP contribution is 2.35. The first-order chi connectivity index (χ1) is 12.7. The van der Waals surface area contributed by atoms with Crippen LogP contribution in [0.3, 0.4) is 0 Å². The van der Waals surface area contributed by atoms with Crippen LogP contribution >= 0.6 is 7.82 Å². The number of hydrogen-bond donors (Lipinski definition) is 3. The monoisotopic (exact) mass is 412 g/mol. The summed E-state index contributed by atoms with van der Waals surface area (Å²) < 4.78 is 25.1. The average Bonchev–Trinajstić information content (AvgIpc) is 2.60. The fraction of sp³-hybridized carbons (Fsp3) is 0.882. The molecule has 0 heterocycles. The van der Waals surface area contributed by atoms with Crippen molar-refractivity contribution in [3.63, 3.8) is 0 Å². The van der Waals surface area contributed by atoms with Gasteiger partial charge in [-0.05, 0) is 12.8 Å². The Kier molecular flexibility index (Phi) is 14.4. The largest absolute Gasteiger partial charge is 0.469 e. The molecule has 27 heavy (non-hydrogen) atoms. The molecule has 0 aromatic heterocycles. The molecule has 0 spiro atoms. The van der Waals surface area contributed by atoms with E-state index >= 15 is 0 Å². The Bertz CT molecular complexity index is 463. The second-order valence-electron chi connectivity index (χ2n) is 6.35. The molecule has 0 aliphatic carbocycles. The van der Waals surface area contributed by atoms with E-state index < -0.39 is 45.2 Å². The van der Waals surface area contributed by atoms with Crippen molar-refractivity contribution in [1.82, 2.24) is 0 Å². The minimum absolute atomic E-state index is 0.191. The van der Waals surface area contributed by atoms with Crippen molar-refractivity contribution in [1.29, 1.82) is 0 Å². The molecule has 0 aliphatic rings. The number of esters is 2. The van der Waals surface area contributed by atoms with Gasteiger partial charge < -0.3 is 24.4 Å². The highest BCUT2D eigenvalue weighted by Gasteiger charge is 2.25. The van der Waals surface area contributed by atoms with Gasteiger partial charge in [-0.25, -0.2) is 9.36 Å². The van der Waals surface area contributed by atoms with Gasteiger partial charge in [-0.15, -0.1) is 0 Å². The molecule has 0 aliphatic heterocycles. The summed E-state index contributed by atoms with van der Waals surface area (Å²) in [4.78, 5) is 41.1. The molecule has 160 valence electrons. The molecule has 3 N–H and O–H groups in total. The van der Waals surface area contributed by atoms with Crippen LogP contribution in [0.25, 0.3) is 0 Å². The summed E-state index contributed by atoms with van der Waals surface area (Å²) >= 11 is 0. The first kappa shape index (κ1) is 26.0. The number of phosphoric acid groups is 1. The van der Waals surface area contributed by atoms with Gasteiger partial charge in [0.05, 0.1) is 6.61 Å². The Hall–Kier alpha value is -0.990. The second-order valence-corrected chi connectivity index (χ2v) is 7.59. The summed E-state index contributed by atoms with van der Waals surface area (Å²) in [7, 11) is -4.77. The maximum atomic E-state index is 12.0. The van der Waals surface area contributed by atoms with Crippen LogP contribution in [-0.2, 0) is 28.2 Å². The van der Waals surface area contributed by atoms with Crippen molar-refractivity contribution < 1.29 is 43.0 Å². The molecule has 2 atom stereocenters. The molecular weight excluding hydrogens is 379 g/mol. The molecule has 10 heteroatoms. The van der Waals surface area contributed by atoms with Crippen molar-refractivity contribution >= 4 is 19.8 Å². The molecule has 0 saturated heterocycles. The normalized spacial score (nSPS) is 13.8. The molecule has 0 fully saturated rings. The Morgan fingerprint density at radius 3 is 2.19 bits per heavy atom. The van der Waals surface area contributed by atoms with Crippen molar-refractivity contribution in [2.75, 3.05) is 13.2 Å². The molecule has 0 radical (unpaired) electrons. The van der Waals surface area contributed by atoms with Crippen LogP contribution in [0.2, 0.25) is 0 Å². The number of aliphatic hydroxyl groups excluding tert-OH is 1. The van der Waals surface area contributed by atoms with Gasteiger partial charge >= 0.3 is 19.8 Å². The van der Waals surface area contributed by atoms with Gasteiger partial charge in [-0.3, -0.25) is 9.32 Å². The third kappa shape index (κ3) is 15.7. The van der Waals surface area contributed by atoms with E-state index in [-0.39, 0.29) is 12.8 Å². The van der Waals surface area contributed by atoms with Crippen LogP contribution in [0.4, 0.5) is 0 Å². The van der Waals surface area contributed by atoms with E-state index in [2.05, 4.69) is 11.4 Å². The van der Waals surface area contributed by atoms with Crippen LogP contribution in [0, 0.1) is 0 Å². The lowest BCUT2D eigenvalue weighted by Gasteiger charge is -2.20. The molecular formula is C17H33O9P. The molecule has 0 amide bonds. The fourth-order valence-corrected chi connectivity index (χ4v) is 2.54. The number of ether oxygens (including phenoxy) is 2. The maximum Gasteiger partial charge on any atom is 0.469 e. The number of hydrogen-bond acceptors (Lipinski definition) is 7. The van der Waals surface area contributed by atoms with Crippen LogP contribution in [0.5, 0.6) is 0 Å². The topological polar surface area (TPSA) is 140 Å². The van der Waals surface area contributed by atoms with Crippen LogP contribution in [0.15, 0.2) is 0 Å². The minimum atomic E-state index is -4.77. The Morgan fingerprint density at radius 1 is 0.963 bits per heavy atom. The van der Waals surface area contributed by atoms with Crippen molar-refractivity contribution in [3.8, 4) is 0 Å². The number of carbonyl (C=O) groups excluding carboxylic acids is 2. The van der Waals surface area contributed by atoms with E-state index in [9.17, 15) is 19.3 Å². The van der Waals surface area contributed by atoms with E-state index in [0.29, 0.717) is 12.8 Å². The molecule has 0 saturated carbocycles. The van der Waals surface area contributed by atoms with Gasteiger partial charge in [0.15, 0.2) is 12.2 Å². The van der Waals surface area contributed by atoms with E-state index in [1.165, 1.54) is 0 Å². The van der Waals surface area contributed by atoms with Gasteiger partial charge in [0, 0.05) is 6.42 Å². The van der Waals surface area contributed by atoms with E-state index in [1.807, 2.05) is 6.92 Å². The summed E-state index contributed by atoms with van der Waals surface area (Å²) in [6.45, 7) is 2.94. The van der Waals surface area contributed by atoms with Gasteiger partial charge in [-0.1, -0.05) is 52.4 Å². The standard InChI is InChI=1S/C17H33O9P/c1-3-5-7-8-9-10-15(18)17(20)26-14(13-25-27(21,22)23)12-24-16(19)11-6-4-2/h14-15,18H,3-13H2,1-2H3,(H2,21,22,23)/t14-,15+/m1/s1. The lowest BCUT2D eigenvalue weighted by Crippen LogP contribution is -2.34. The van der Waals surface area contributed by atoms with Gasteiger partial charge in [0.1, 0.15) is 6.61 Å².